The van der Waals surface area contributed by atoms with Gasteiger partial charge < -0.3 is 10.6 Å². The van der Waals surface area contributed by atoms with Crippen molar-refractivity contribution in [3.8, 4) is 0 Å². The lowest BCUT2D eigenvalue weighted by atomic mass is 9.86. The highest BCUT2D eigenvalue weighted by molar-refractivity contribution is 5.97. The quantitative estimate of drug-likeness (QED) is 0.697. The summed E-state index contributed by atoms with van der Waals surface area (Å²) in [4.78, 5) is 24.0. The second kappa shape index (κ2) is 9.76. The molecule has 1 saturated carbocycles. The monoisotopic (exact) mass is 384 g/mol. The molecule has 0 radical (unpaired) electrons. The van der Waals surface area contributed by atoms with Crippen molar-refractivity contribution in [1.82, 2.24) is 5.32 Å². The number of rotatable bonds is 7. The third-order valence-electron chi connectivity index (χ3n) is 4.96. The van der Waals surface area contributed by atoms with Crippen molar-refractivity contribution in [3.05, 3.63) is 29.3 Å². The zero-order chi connectivity index (χ0) is 19.9. The fourth-order valence-corrected chi connectivity index (χ4v) is 3.42. The van der Waals surface area contributed by atoms with Gasteiger partial charge in [-0.2, -0.15) is 13.2 Å². The van der Waals surface area contributed by atoms with E-state index in [-0.39, 0.29) is 11.5 Å². The maximum atomic E-state index is 12.2. The van der Waals surface area contributed by atoms with E-state index in [0.717, 1.165) is 18.4 Å². The van der Waals surface area contributed by atoms with Crippen LogP contribution in [0.1, 0.15) is 67.3 Å². The van der Waals surface area contributed by atoms with Crippen LogP contribution in [0.2, 0.25) is 0 Å². The summed E-state index contributed by atoms with van der Waals surface area (Å²) in [5.74, 6) is -0.240. The molecule has 0 heterocycles. The van der Waals surface area contributed by atoms with Gasteiger partial charge in [0.05, 0.1) is 0 Å². The predicted octanol–water partition coefficient (Wildman–Crippen LogP) is 4.98. The summed E-state index contributed by atoms with van der Waals surface area (Å²) in [7, 11) is 0. The van der Waals surface area contributed by atoms with E-state index in [9.17, 15) is 22.8 Å². The average molecular weight is 384 g/mol. The van der Waals surface area contributed by atoms with Crippen LogP contribution in [0.25, 0.3) is 0 Å². The van der Waals surface area contributed by atoms with Gasteiger partial charge in [0.1, 0.15) is 6.54 Å². The van der Waals surface area contributed by atoms with Crippen LogP contribution >= 0.6 is 0 Å². The third kappa shape index (κ3) is 7.61. The maximum Gasteiger partial charge on any atom is 0.405 e. The standard InChI is InChI=1S/C20H27F3N2O2/c1-14-10-11-16(19(27)24-13-20(21,22)23)12-17(14)25-18(26)9-5-8-15-6-3-2-4-7-15/h10-12,15H,2-9,13H2,1H3,(H,24,27)(H,25,26). The Kier molecular flexibility index (Phi) is 7.68. The van der Waals surface area contributed by atoms with Crippen molar-refractivity contribution in [2.45, 2.75) is 64.5 Å². The van der Waals surface area contributed by atoms with Crippen LogP contribution in [-0.4, -0.2) is 24.5 Å². The highest BCUT2D eigenvalue weighted by atomic mass is 19.4. The molecule has 7 heteroatoms. The fraction of sp³-hybridized carbons (Fsp3) is 0.600. The summed E-state index contributed by atoms with van der Waals surface area (Å²) < 4.78 is 36.7. The highest BCUT2D eigenvalue weighted by Crippen LogP contribution is 2.28. The zero-order valence-electron chi connectivity index (χ0n) is 15.6. The van der Waals surface area contributed by atoms with Crippen molar-refractivity contribution in [3.63, 3.8) is 0 Å². The van der Waals surface area contributed by atoms with Gasteiger partial charge >= 0.3 is 6.18 Å². The van der Waals surface area contributed by atoms with E-state index in [1.54, 1.807) is 13.0 Å². The van der Waals surface area contributed by atoms with E-state index >= 15 is 0 Å². The maximum absolute atomic E-state index is 12.2. The van der Waals surface area contributed by atoms with Gasteiger partial charge in [-0.15, -0.1) is 0 Å². The first kappa shape index (κ1) is 21.3. The Balaban J connectivity index is 1.85. The number of aryl methyl sites for hydroxylation is 1. The van der Waals surface area contributed by atoms with Crippen LogP contribution in [0.5, 0.6) is 0 Å². The Bertz CT molecular complexity index is 653. The SMILES string of the molecule is Cc1ccc(C(=O)NCC(F)(F)F)cc1NC(=O)CCCC1CCCCC1. The van der Waals surface area contributed by atoms with Crippen LogP contribution in [0.4, 0.5) is 18.9 Å². The van der Waals surface area contributed by atoms with E-state index in [4.69, 9.17) is 0 Å². The van der Waals surface area contributed by atoms with Gasteiger partial charge in [0.2, 0.25) is 5.91 Å². The molecule has 0 unspecified atom stereocenters. The molecule has 0 bridgehead atoms. The topological polar surface area (TPSA) is 58.2 Å². The number of nitrogens with one attached hydrogen (secondary N) is 2. The molecule has 150 valence electrons. The molecular weight excluding hydrogens is 357 g/mol. The molecule has 0 atom stereocenters. The summed E-state index contributed by atoms with van der Waals surface area (Å²) >= 11 is 0. The van der Waals surface area contributed by atoms with Crippen LogP contribution in [0.15, 0.2) is 18.2 Å². The number of alkyl halides is 3. The van der Waals surface area contributed by atoms with Crippen molar-refractivity contribution < 1.29 is 22.8 Å². The minimum Gasteiger partial charge on any atom is -0.343 e. The Labute approximate surface area is 157 Å². The Hall–Kier alpha value is -2.05. The smallest absolute Gasteiger partial charge is 0.343 e. The van der Waals surface area contributed by atoms with Gasteiger partial charge in [-0.3, -0.25) is 9.59 Å². The molecule has 4 nitrogen and oxygen atoms in total. The number of hydrogen-bond donors (Lipinski definition) is 2. The normalized spacial score (nSPS) is 15.4. The van der Waals surface area contributed by atoms with Gasteiger partial charge in [-0.1, -0.05) is 38.2 Å². The highest BCUT2D eigenvalue weighted by Gasteiger charge is 2.28. The minimum atomic E-state index is -4.46. The Morgan fingerprint density at radius 2 is 1.85 bits per heavy atom. The molecule has 0 spiro atoms. The number of carbonyl (C=O) groups is 2. The molecule has 0 saturated heterocycles. The summed E-state index contributed by atoms with van der Waals surface area (Å²) in [5.41, 5.74) is 1.29. The first-order chi connectivity index (χ1) is 12.7. The van der Waals surface area contributed by atoms with Crippen molar-refractivity contribution in [2.75, 3.05) is 11.9 Å². The molecule has 2 amide bonds. The van der Waals surface area contributed by atoms with Crippen molar-refractivity contribution >= 4 is 17.5 Å². The summed E-state index contributed by atoms with van der Waals surface area (Å²) in [6.45, 7) is 0.387. The molecule has 1 aromatic rings. The van der Waals surface area contributed by atoms with Crippen LogP contribution in [0, 0.1) is 12.8 Å². The Morgan fingerprint density at radius 1 is 1.15 bits per heavy atom. The molecule has 2 rings (SSSR count). The molecule has 27 heavy (non-hydrogen) atoms. The molecular formula is C20H27F3N2O2. The van der Waals surface area contributed by atoms with E-state index in [2.05, 4.69) is 5.32 Å². The third-order valence-corrected chi connectivity index (χ3v) is 4.96. The molecule has 1 aliphatic rings. The molecule has 0 aromatic heterocycles. The predicted molar refractivity (Wildman–Crippen MR) is 98.6 cm³/mol. The van der Waals surface area contributed by atoms with Gasteiger partial charge in [0, 0.05) is 17.7 Å². The van der Waals surface area contributed by atoms with Gasteiger partial charge in [0.25, 0.3) is 5.91 Å². The van der Waals surface area contributed by atoms with E-state index in [0.29, 0.717) is 18.0 Å². The molecule has 1 aromatic carbocycles. The number of anilines is 1. The molecule has 1 fully saturated rings. The number of benzene rings is 1. The number of halogens is 3. The number of carbonyl (C=O) groups excluding carboxylic acids is 2. The van der Waals surface area contributed by atoms with Crippen LogP contribution < -0.4 is 10.6 Å². The molecule has 1 aliphatic carbocycles. The van der Waals surface area contributed by atoms with Gasteiger partial charge in [0.15, 0.2) is 0 Å². The largest absolute Gasteiger partial charge is 0.405 e. The van der Waals surface area contributed by atoms with Gasteiger partial charge in [-0.05, 0) is 43.4 Å². The first-order valence-electron chi connectivity index (χ1n) is 9.50. The lowest BCUT2D eigenvalue weighted by Gasteiger charge is -2.21. The van der Waals surface area contributed by atoms with Crippen molar-refractivity contribution in [1.29, 1.82) is 0 Å². The molecule has 0 aliphatic heterocycles. The summed E-state index contributed by atoms with van der Waals surface area (Å²) in [6, 6.07) is 4.47. The lowest BCUT2D eigenvalue weighted by Crippen LogP contribution is -2.33. The van der Waals surface area contributed by atoms with E-state index in [1.165, 1.54) is 44.2 Å². The molecule has 2 N–H and O–H groups in total. The fourth-order valence-electron chi connectivity index (χ4n) is 3.42. The van der Waals surface area contributed by atoms with E-state index < -0.39 is 18.6 Å². The first-order valence-corrected chi connectivity index (χ1v) is 9.50. The van der Waals surface area contributed by atoms with Gasteiger partial charge in [-0.25, -0.2) is 0 Å². The summed E-state index contributed by atoms with van der Waals surface area (Å²) in [5, 5.41) is 4.61. The summed E-state index contributed by atoms with van der Waals surface area (Å²) in [6.07, 6.45) is 4.16. The van der Waals surface area contributed by atoms with Crippen LogP contribution in [-0.2, 0) is 4.79 Å². The Morgan fingerprint density at radius 3 is 2.52 bits per heavy atom. The van der Waals surface area contributed by atoms with Crippen molar-refractivity contribution in [2.24, 2.45) is 5.92 Å². The lowest BCUT2D eigenvalue weighted by molar-refractivity contribution is -0.123. The average Bonchev–Trinajstić information content (AvgIpc) is 2.62. The number of hydrogen-bond acceptors (Lipinski definition) is 2. The number of amides is 2. The zero-order valence-corrected chi connectivity index (χ0v) is 15.6. The second-order valence-corrected chi connectivity index (χ2v) is 7.27. The van der Waals surface area contributed by atoms with Crippen LogP contribution in [0.3, 0.4) is 0 Å². The van der Waals surface area contributed by atoms with E-state index in [1.807, 2.05) is 5.32 Å². The second-order valence-electron chi connectivity index (χ2n) is 7.27. The minimum absolute atomic E-state index is 0.0855.